The number of carbonyl (C=O) groups excluding carboxylic acids is 1. The van der Waals surface area contributed by atoms with Gasteiger partial charge in [0.1, 0.15) is 0 Å². The van der Waals surface area contributed by atoms with Gasteiger partial charge in [-0.05, 0) is 12.8 Å². The molecule has 0 radical (unpaired) electrons. The molecule has 3 saturated heterocycles. The summed E-state index contributed by atoms with van der Waals surface area (Å²) in [5.41, 5.74) is 0. The second kappa shape index (κ2) is 3.87. The lowest BCUT2D eigenvalue weighted by molar-refractivity contribution is -0.146. The number of carbonyl (C=O) groups is 2. The van der Waals surface area contributed by atoms with Crippen LogP contribution in [0.2, 0.25) is 0 Å². The summed E-state index contributed by atoms with van der Waals surface area (Å²) in [7, 11) is 0. The Balaban J connectivity index is 1.55. The number of morpholine rings is 1. The van der Waals surface area contributed by atoms with Crippen LogP contribution in [0.15, 0.2) is 0 Å². The number of likely N-dealkylation sites (tertiary alicyclic amines) is 2. The Bertz CT molecular complexity index is 341. The highest BCUT2D eigenvalue weighted by Gasteiger charge is 2.41. The molecular weight excluding hydrogens is 224 g/mol. The molecule has 2 atom stereocenters. The van der Waals surface area contributed by atoms with Gasteiger partial charge in [0.25, 0.3) is 0 Å². The maximum absolute atomic E-state index is 12.1. The van der Waals surface area contributed by atoms with Crippen LogP contribution in [0.3, 0.4) is 0 Å². The van der Waals surface area contributed by atoms with Gasteiger partial charge in [-0.25, -0.2) is 4.79 Å². The zero-order chi connectivity index (χ0) is 12.0. The molecule has 0 saturated carbocycles. The predicted octanol–water partition coefficient (Wildman–Crippen LogP) is -0.0140. The fourth-order valence-electron chi connectivity index (χ4n) is 2.76. The summed E-state index contributed by atoms with van der Waals surface area (Å²) in [6.45, 7) is 2.01. The summed E-state index contributed by atoms with van der Waals surface area (Å²) in [6.07, 6.45) is 2.45. The number of hydrogen-bond acceptors (Lipinski definition) is 3. The number of nitrogens with zero attached hydrogens (tertiary/aromatic N) is 2. The second-order valence-electron chi connectivity index (χ2n) is 5.09. The van der Waals surface area contributed by atoms with Crippen LogP contribution in [-0.2, 0) is 9.53 Å². The molecule has 0 spiro atoms. The molecule has 3 heterocycles. The molecule has 3 rings (SSSR count). The van der Waals surface area contributed by atoms with Crippen molar-refractivity contribution in [1.82, 2.24) is 9.80 Å². The SMILES string of the molecule is O=C(O)C1CN(C(=O)N2CC3CCC(C2)O3)C1. The number of urea groups is 1. The first kappa shape index (κ1) is 10.8. The van der Waals surface area contributed by atoms with Gasteiger partial charge in [0, 0.05) is 26.2 Å². The van der Waals surface area contributed by atoms with Crippen molar-refractivity contribution in [3.05, 3.63) is 0 Å². The first-order valence-electron chi connectivity index (χ1n) is 6.05. The van der Waals surface area contributed by atoms with Gasteiger partial charge >= 0.3 is 12.0 Å². The van der Waals surface area contributed by atoms with Gasteiger partial charge in [0.05, 0.1) is 18.1 Å². The van der Waals surface area contributed by atoms with Crippen molar-refractivity contribution in [1.29, 1.82) is 0 Å². The number of carboxylic acid groups (broad SMARTS) is 1. The van der Waals surface area contributed by atoms with Crippen LogP contribution in [0.1, 0.15) is 12.8 Å². The summed E-state index contributed by atoms with van der Waals surface area (Å²) < 4.78 is 5.66. The molecule has 17 heavy (non-hydrogen) atoms. The first-order valence-corrected chi connectivity index (χ1v) is 6.05. The van der Waals surface area contributed by atoms with Crippen LogP contribution in [0.25, 0.3) is 0 Å². The minimum absolute atomic E-state index is 0.0253. The topological polar surface area (TPSA) is 70.1 Å². The lowest BCUT2D eigenvalue weighted by Gasteiger charge is -2.42. The number of carboxylic acids is 1. The third kappa shape index (κ3) is 1.86. The largest absolute Gasteiger partial charge is 0.481 e. The molecule has 2 unspecified atom stereocenters. The first-order chi connectivity index (χ1) is 8.13. The van der Waals surface area contributed by atoms with Gasteiger partial charge in [0.15, 0.2) is 0 Å². The standard InChI is InChI=1S/C11H16N2O4/c14-10(15)7-3-12(4-7)11(16)13-5-8-1-2-9(6-13)17-8/h7-9H,1-6H2,(H,14,15). The van der Waals surface area contributed by atoms with Gasteiger partial charge in [-0.15, -0.1) is 0 Å². The van der Waals surface area contributed by atoms with Crippen molar-refractivity contribution in [3.8, 4) is 0 Å². The summed E-state index contributed by atoms with van der Waals surface area (Å²) >= 11 is 0. The molecule has 3 aliphatic rings. The number of aliphatic carboxylic acids is 1. The number of hydrogen-bond donors (Lipinski definition) is 1. The van der Waals surface area contributed by atoms with Crippen molar-refractivity contribution in [2.24, 2.45) is 5.92 Å². The Morgan fingerprint density at radius 3 is 2.06 bits per heavy atom. The van der Waals surface area contributed by atoms with Crippen LogP contribution in [0.5, 0.6) is 0 Å². The van der Waals surface area contributed by atoms with E-state index in [-0.39, 0.29) is 24.2 Å². The van der Waals surface area contributed by atoms with Crippen molar-refractivity contribution >= 4 is 12.0 Å². The van der Waals surface area contributed by atoms with E-state index in [1.54, 1.807) is 4.90 Å². The van der Waals surface area contributed by atoms with Crippen LogP contribution < -0.4 is 0 Å². The van der Waals surface area contributed by atoms with E-state index in [4.69, 9.17) is 9.84 Å². The van der Waals surface area contributed by atoms with Gasteiger partial charge in [-0.1, -0.05) is 0 Å². The zero-order valence-corrected chi connectivity index (χ0v) is 9.54. The van der Waals surface area contributed by atoms with Crippen molar-refractivity contribution in [2.45, 2.75) is 25.0 Å². The average Bonchev–Trinajstić information content (AvgIpc) is 2.54. The summed E-state index contributed by atoms with van der Waals surface area (Å²) in [4.78, 5) is 26.2. The van der Waals surface area contributed by atoms with E-state index in [0.717, 1.165) is 12.8 Å². The van der Waals surface area contributed by atoms with Crippen LogP contribution in [0, 0.1) is 5.92 Å². The molecule has 94 valence electrons. The number of rotatable bonds is 1. The smallest absolute Gasteiger partial charge is 0.320 e. The molecule has 3 fully saturated rings. The van der Waals surface area contributed by atoms with Crippen molar-refractivity contribution < 1.29 is 19.4 Å². The maximum atomic E-state index is 12.1. The zero-order valence-electron chi connectivity index (χ0n) is 9.54. The minimum Gasteiger partial charge on any atom is -0.481 e. The van der Waals surface area contributed by atoms with E-state index in [0.29, 0.717) is 26.2 Å². The molecule has 6 nitrogen and oxygen atoms in total. The number of fused-ring (bicyclic) bond motifs is 2. The highest BCUT2D eigenvalue weighted by Crippen LogP contribution is 2.28. The van der Waals surface area contributed by atoms with E-state index in [9.17, 15) is 9.59 Å². The fourth-order valence-corrected chi connectivity index (χ4v) is 2.76. The fraction of sp³-hybridized carbons (Fsp3) is 0.818. The Hall–Kier alpha value is -1.30. The normalized spacial score (nSPS) is 32.5. The Morgan fingerprint density at radius 2 is 1.53 bits per heavy atom. The Morgan fingerprint density at radius 1 is 1.00 bits per heavy atom. The van der Waals surface area contributed by atoms with E-state index < -0.39 is 5.97 Å². The molecule has 0 aromatic heterocycles. The molecular formula is C11H16N2O4. The van der Waals surface area contributed by atoms with Crippen LogP contribution in [-0.4, -0.2) is 65.3 Å². The Kier molecular flexibility index (Phi) is 2.47. The Labute approximate surface area is 99.1 Å². The highest BCUT2D eigenvalue weighted by molar-refractivity contribution is 5.80. The molecule has 2 bridgehead atoms. The molecule has 0 aliphatic carbocycles. The van der Waals surface area contributed by atoms with E-state index >= 15 is 0 Å². The molecule has 6 heteroatoms. The molecule has 1 N–H and O–H groups in total. The molecule has 2 amide bonds. The maximum Gasteiger partial charge on any atom is 0.320 e. The predicted molar refractivity (Wildman–Crippen MR) is 57.6 cm³/mol. The van der Waals surface area contributed by atoms with Crippen molar-refractivity contribution in [2.75, 3.05) is 26.2 Å². The summed E-state index contributed by atoms with van der Waals surface area (Å²) in [6, 6.07) is -0.0253. The lowest BCUT2D eigenvalue weighted by atomic mass is 10.0. The second-order valence-corrected chi connectivity index (χ2v) is 5.09. The number of ether oxygens (including phenoxy) is 1. The quantitative estimate of drug-likeness (QED) is 0.699. The lowest BCUT2D eigenvalue weighted by Crippen LogP contribution is -2.59. The monoisotopic (exact) mass is 240 g/mol. The summed E-state index contributed by atoms with van der Waals surface area (Å²) in [5.74, 6) is -1.19. The molecule has 0 aromatic carbocycles. The molecule has 0 aromatic rings. The van der Waals surface area contributed by atoms with E-state index in [1.165, 1.54) is 0 Å². The van der Waals surface area contributed by atoms with Gasteiger partial charge in [-0.3, -0.25) is 4.79 Å². The third-order valence-corrected chi connectivity index (χ3v) is 3.82. The average molecular weight is 240 g/mol. The minimum atomic E-state index is -0.809. The van der Waals surface area contributed by atoms with Crippen molar-refractivity contribution in [3.63, 3.8) is 0 Å². The molecule has 3 aliphatic heterocycles. The van der Waals surface area contributed by atoms with Crippen LogP contribution in [0.4, 0.5) is 4.79 Å². The third-order valence-electron chi connectivity index (χ3n) is 3.82. The van der Waals surface area contributed by atoms with Gasteiger partial charge in [-0.2, -0.15) is 0 Å². The summed E-state index contributed by atoms with van der Waals surface area (Å²) in [5, 5.41) is 8.77. The van der Waals surface area contributed by atoms with E-state index in [1.807, 2.05) is 4.90 Å². The van der Waals surface area contributed by atoms with Gasteiger partial charge in [0.2, 0.25) is 0 Å². The number of amides is 2. The van der Waals surface area contributed by atoms with E-state index in [2.05, 4.69) is 0 Å². The van der Waals surface area contributed by atoms with Crippen LogP contribution >= 0.6 is 0 Å². The highest BCUT2D eigenvalue weighted by atomic mass is 16.5. The van der Waals surface area contributed by atoms with Gasteiger partial charge < -0.3 is 19.6 Å².